The normalized spacial score (nSPS) is 10.4. The molecule has 0 fully saturated rings. The Kier molecular flexibility index (Phi) is 3.21. The molecule has 0 aliphatic carbocycles. The summed E-state index contributed by atoms with van der Waals surface area (Å²) in [6, 6.07) is 19.3. The molecule has 1 N–H and O–H groups in total. The average Bonchev–Trinajstić information content (AvgIpc) is 2.90. The van der Waals surface area contributed by atoms with Crippen molar-refractivity contribution in [1.82, 2.24) is 4.98 Å². The second-order valence-electron chi connectivity index (χ2n) is 4.78. The van der Waals surface area contributed by atoms with E-state index in [1.54, 1.807) is 0 Å². The number of aromatic nitrogens is 1. The zero-order chi connectivity index (χ0) is 13.9. The van der Waals surface area contributed by atoms with E-state index in [-0.39, 0.29) is 5.78 Å². The van der Waals surface area contributed by atoms with Crippen LogP contribution in [-0.2, 0) is 0 Å². The Balaban J connectivity index is 2.11. The molecule has 0 bridgehead atoms. The van der Waals surface area contributed by atoms with Crippen molar-refractivity contribution < 1.29 is 4.79 Å². The first kappa shape index (κ1) is 12.4. The quantitative estimate of drug-likeness (QED) is 0.703. The van der Waals surface area contributed by atoms with Crippen LogP contribution in [0.25, 0.3) is 11.3 Å². The van der Waals surface area contributed by atoms with Crippen molar-refractivity contribution in [1.29, 1.82) is 0 Å². The van der Waals surface area contributed by atoms with Crippen LogP contribution in [0.4, 0.5) is 0 Å². The molecule has 20 heavy (non-hydrogen) atoms. The van der Waals surface area contributed by atoms with Crippen molar-refractivity contribution >= 4 is 5.78 Å². The lowest BCUT2D eigenvalue weighted by atomic mass is 9.97. The molecule has 2 nitrogen and oxygen atoms in total. The van der Waals surface area contributed by atoms with Gasteiger partial charge in [-0.25, -0.2) is 0 Å². The SMILES string of the molecule is Cc1c[nH]c(-c2ccccc2)c1C(=O)c1ccccc1. The molecule has 0 saturated carbocycles. The first-order chi connectivity index (χ1) is 9.77. The molecule has 0 saturated heterocycles. The summed E-state index contributed by atoms with van der Waals surface area (Å²) in [5.74, 6) is 0.0585. The van der Waals surface area contributed by atoms with Gasteiger partial charge in [-0.3, -0.25) is 4.79 Å². The minimum atomic E-state index is 0.0585. The maximum absolute atomic E-state index is 12.7. The smallest absolute Gasteiger partial charge is 0.195 e. The van der Waals surface area contributed by atoms with Crippen LogP contribution in [0.3, 0.4) is 0 Å². The van der Waals surface area contributed by atoms with Crippen LogP contribution in [0.1, 0.15) is 21.5 Å². The minimum Gasteiger partial charge on any atom is -0.360 e. The van der Waals surface area contributed by atoms with E-state index in [0.29, 0.717) is 5.56 Å². The number of nitrogens with one attached hydrogen (secondary N) is 1. The Labute approximate surface area is 118 Å². The van der Waals surface area contributed by atoms with Crippen LogP contribution < -0.4 is 0 Å². The topological polar surface area (TPSA) is 32.9 Å². The summed E-state index contributed by atoms with van der Waals surface area (Å²) in [6.07, 6.45) is 1.89. The van der Waals surface area contributed by atoms with Crippen molar-refractivity contribution in [3.05, 3.63) is 83.6 Å². The summed E-state index contributed by atoms with van der Waals surface area (Å²) >= 11 is 0. The van der Waals surface area contributed by atoms with Crippen molar-refractivity contribution in [2.45, 2.75) is 6.92 Å². The second-order valence-corrected chi connectivity index (χ2v) is 4.78. The summed E-state index contributed by atoms with van der Waals surface area (Å²) in [4.78, 5) is 15.9. The number of aryl methyl sites for hydroxylation is 1. The summed E-state index contributed by atoms with van der Waals surface area (Å²) in [6.45, 7) is 1.96. The molecule has 0 spiro atoms. The largest absolute Gasteiger partial charge is 0.360 e. The summed E-state index contributed by atoms with van der Waals surface area (Å²) in [5, 5.41) is 0. The summed E-state index contributed by atoms with van der Waals surface area (Å²) < 4.78 is 0. The molecular formula is C18H15NO. The van der Waals surface area contributed by atoms with Gasteiger partial charge >= 0.3 is 0 Å². The fourth-order valence-corrected chi connectivity index (χ4v) is 2.38. The van der Waals surface area contributed by atoms with Crippen molar-refractivity contribution in [3.63, 3.8) is 0 Å². The highest BCUT2D eigenvalue weighted by Crippen LogP contribution is 2.27. The standard InChI is InChI=1S/C18H15NO/c1-13-12-19-17(14-8-4-2-5-9-14)16(13)18(20)15-10-6-3-7-11-15/h2-12,19H,1H3. The Bertz CT molecular complexity index is 727. The molecule has 0 radical (unpaired) electrons. The second kappa shape index (κ2) is 5.17. The third-order valence-corrected chi connectivity index (χ3v) is 3.40. The van der Waals surface area contributed by atoms with E-state index >= 15 is 0 Å². The molecule has 1 heterocycles. The molecule has 0 unspecified atom stereocenters. The van der Waals surface area contributed by atoms with Crippen LogP contribution in [0, 0.1) is 6.92 Å². The lowest BCUT2D eigenvalue weighted by Gasteiger charge is -2.05. The van der Waals surface area contributed by atoms with Gasteiger partial charge in [-0.1, -0.05) is 60.7 Å². The Morgan fingerprint density at radius 3 is 2.15 bits per heavy atom. The van der Waals surface area contributed by atoms with Crippen molar-refractivity contribution in [2.24, 2.45) is 0 Å². The third-order valence-electron chi connectivity index (χ3n) is 3.40. The Morgan fingerprint density at radius 1 is 0.900 bits per heavy atom. The van der Waals surface area contributed by atoms with Gasteiger partial charge in [0.1, 0.15) is 0 Å². The molecule has 0 amide bonds. The number of hydrogen-bond acceptors (Lipinski definition) is 1. The first-order valence-electron chi connectivity index (χ1n) is 6.60. The Morgan fingerprint density at radius 2 is 1.50 bits per heavy atom. The summed E-state index contributed by atoms with van der Waals surface area (Å²) in [5.41, 5.74) is 4.35. The van der Waals surface area contributed by atoms with Gasteiger partial charge in [0, 0.05) is 11.8 Å². The number of H-pyrrole nitrogens is 1. The predicted octanol–water partition coefficient (Wildman–Crippen LogP) is 4.22. The highest BCUT2D eigenvalue weighted by atomic mass is 16.1. The third kappa shape index (κ3) is 2.16. The number of benzene rings is 2. The first-order valence-corrected chi connectivity index (χ1v) is 6.60. The van der Waals surface area contributed by atoms with Gasteiger partial charge in [0.25, 0.3) is 0 Å². The monoisotopic (exact) mass is 261 g/mol. The van der Waals surface area contributed by atoms with E-state index in [9.17, 15) is 4.79 Å². The van der Waals surface area contributed by atoms with E-state index in [2.05, 4.69) is 4.98 Å². The highest BCUT2D eigenvalue weighted by molar-refractivity contribution is 6.13. The van der Waals surface area contributed by atoms with Crippen LogP contribution in [-0.4, -0.2) is 10.8 Å². The van der Waals surface area contributed by atoms with E-state index in [0.717, 1.165) is 22.4 Å². The predicted molar refractivity (Wildman–Crippen MR) is 80.8 cm³/mol. The van der Waals surface area contributed by atoms with Crippen LogP contribution in [0.5, 0.6) is 0 Å². The van der Waals surface area contributed by atoms with Gasteiger partial charge in [0.2, 0.25) is 0 Å². The minimum absolute atomic E-state index is 0.0585. The molecule has 3 aromatic rings. The van der Waals surface area contributed by atoms with E-state index in [1.807, 2.05) is 73.8 Å². The zero-order valence-electron chi connectivity index (χ0n) is 11.3. The lowest BCUT2D eigenvalue weighted by molar-refractivity contribution is 0.103. The average molecular weight is 261 g/mol. The fourth-order valence-electron chi connectivity index (χ4n) is 2.38. The molecular weight excluding hydrogens is 246 g/mol. The van der Waals surface area contributed by atoms with E-state index in [1.165, 1.54) is 0 Å². The molecule has 0 aliphatic heterocycles. The highest BCUT2D eigenvalue weighted by Gasteiger charge is 2.18. The van der Waals surface area contributed by atoms with Gasteiger partial charge in [-0.05, 0) is 18.1 Å². The van der Waals surface area contributed by atoms with E-state index in [4.69, 9.17) is 0 Å². The van der Waals surface area contributed by atoms with Crippen LogP contribution in [0.15, 0.2) is 66.9 Å². The maximum atomic E-state index is 12.7. The molecule has 2 heteroatoms. The molecule has 2 aromatic carbocycles. The number of carbonyl (C=O) groups excluding carboxylic acids is 1. The van der Waals surface area contributed by atoms with Gasteiger partial charge in [0.15, 0.2) is 5.78 Å². The van der Waals surface area contributed by atoms with Gasteiger partial charge < -0.3 is 4.98 Å². The number of rotatable bonds is 3. The molecule has 0 aliphatic rings. The van der Waals surface area contributed by atoms with Crippen LogP contribution in [0.2, 0.25) is 0 Å². The molecule has 0 atom stereocenters. The maximum Gasteiger partial charge on any atom is 0.195 e. The van der Waals surface area contributed by atoms with Crippen molar-refractivity contribution in [3.8, 4) is 11.3 Å². The lowest BCUT2D eigenvalue weighted by Crippen LogP contribution is -2.03. The fraction of sp³-hybridized carbons (Fsp3) is 0.0556. The van der Waals surface area contributed by atoms with E-state index < -0.39 is 0 Å². The van der Waals surface area contributed by atoms with Gasteiger partial charge in [-0.15, -0.1) is 0 Å². The zero-order valence-corrected chi connectivity index (χ0v) is 11.3. The molecule has 98 valence electrons. The number of hydrogen-bond donors (Lipinski definition) is 1. The number of ketones is 1. The molecule has 3 rings (SSSR count). The Hall–Kier alpha value is -2.61. The van der Waals surface area contributed by atoms with Crippen LogP contribution >= 0.6 is 0 Å². The molecule has 1 aromatic heterocycles. The van der Waals surface area contributed by atoms with Crippen molar-refractivity contribution in [2.75, 3.05) is 0 Å². The summed E-state index contributed by atoms with van der Waals surface area (Å²) in [7, 11) is 0. The van der Waals surface area contributed by atoms with Gasteiger partial charge in [0.05, 0.1) is 11.3 Å². The number of carbonyl (C=O) groups is 1. The van der Waals surface area contributed by atoms with Gasteiger partial charge in [-0.2, -0.15) is 0 Å². The number of aromatic amines is 1.